The van der Waals surface area contributed by atoms with Crippen LogP contribution in [0.25, 0.3) is 10.7 Å². The van der Waals surface area contributed by atoms with Crippen LogP contribution in [0.1, 0.15) is 16.8 Å². The number of para-hydroxylation sites is 1. The second-order valence-corrected chi connectivity index (χ2v) is 7.45. The number of aromatic nitrogens is 2. The fraction of sp³-hybridized carbons (Fsp3) is 0.263. The van der Waals surface area contributed by atoms with E-state index >= 15 is 0 Å². The Kier molecular flexibility index (Phi) is 4.93. The lowest BCUT2D eigenvalue weighted by Gasteiger charge is -2.27. The average molecular weight is 398 g/mol. The van der Waals surface area contributed by atoms with Gasteiger partial charge in [-0.1, -0.05) is 18.2 Å². The first-order chi connectivity index (χ1) is 13.6. The number of benzene rings is 1. The van der Waals surface area contributed by atoms with Gasteiger partial charge in [-0.25, -0.2) is 4.98 Å². The Morgan fingerprint density at radius 2 is 2.21 bits per heavy atom. The van der Waals surface area contributed by atoms with Gasteiger partial charge < -0.3 is 9.72 Å². The molecule has 0 atom stereocenters. The molecule has 1 aromatic carbocycles. The van der Waals surface area contributed by atoms with Crippen molar-refractivity contribution in [2.75, 3.05) is 13.7 Å². The summed E-state index contributed by atoms with van der Waals surface area (Å²) in [4.78, 5) is 34.1. The first kappa shape index (κ1) is 18.3. The summed E-state index contributed by atoms with van der Waals surface area (Å²) in [6.45, 7) is 1.43. The zero-order chi connectivity index (χ0) is 19.7. The van der Waals surface area contributed by atoms with E-state index < -0.39 is 4.92 Å². The zero-order valence-electron chi connectivity index (χ0n) is 15.2. The van der Waals surface area contributed by atoms with Gasteiger partial charge in [-0.05, 0) is 17.5 Å². The highest BCUT2D eigenvalue weighted by atomic mass is 32.1. The average Bonchev–Trinajstić information content (AvgIpc) is 3.22. The minimum atomic E-state index is -0.423. The van der Waals surface area contributed by atoms with Crippen molar-refractivity contribution >= 4 is 17.0 Å². The van der Waals surface area contributed by atoms with Gasteiger partial charge in [0.15, 0.2) is 11.6 Å². The maximum atomic E-state index is 12.6. The third kappa shape index (κ3) is 3.41. The lowest BCUT2D eigenvalue weighted by Crippen LogP contribution is -2.35. The highest BCUT2D eigenvalue weighted by molar-refractivity contribution is 7.13. The topological polar surface area (TPSA) is 101 Å². The van der Waals surface area contributed by atoms with Crippen molar-refractivity contribution in [1.82, 2.24) is 14.9 Å². The van der Waals surface area contributed by atoms with Gasteiger partial charge in [-0.3, -0.25) is 19.8 Å². The zero-order valence-corrected chi connectivity index (χ0v) is 16.0. The largest absolute Gasteiger partial charge is 0.490 e. The van der Waals surface area contributed by atoms with Gasteiger partial charge in [0.25, 0.3) is 5.56 Å². The predicted molar refractivity (Wildman–Crippen MR) is 106 cm³/mol. The van der Waals surface area contributed by atoms with Crippen molar-refractivity contribution in [3.05, 3.63) is 73.0 Å². The number of nitrogens with one attached hydrogen (secondary N) is 1. The molecule has 3 aromatic rings. The minimum Gasteiger partial charge on any atom is -0.490 e. The lowest BCUT2D eigenvalue weighted by atomic mass is 10.0. The van der Waals surface area contributed by atoms with Crippen LogP contribution in [0.2, 0.25) is 0 Å². The number of rotatable bonds is 5. The molecule has 3 heterocycles. The summed E-state index contributed by atoms with van der Waals surface area (Å²) >= 11 is 1.53. The third-order valence-electron chi connectivity index (χ3n) is 4.78. The number of nitro groups is 1. The highest BCUT2D eigenvalue weighted by Crippen LogP contribution is 2.32. The molecule has 144 valence electrons. The molecule has 1 aliphatic rings. The molecule has 0 saturated carbocycles. The van der Waals surface area contributed by atoms with E-state index in [9.17, 15) is 14.9 Å². The van der Waals surface area contributed by atoms with E-state index in [2.05, 4.69) is 9.97 Å². The Morgan fingerprint density at radius 1 is 1.36 bits per heavy atom. The minimum absolute atomic E-state index is 0.0316. The van der Waals surface area contributed by atoms with Crippen LogP contribution in [0.15, 0.2) is 40.5 Å². The number of ether oxygens (including phenoxy) is 1. The second-order valence-electron chi connectivity index (χ2n) is 6.50. The van der Waals surface area contributed by atoms with Crippen molar-refractivity contribution in [3.8, 4) is 16.5 Å². The van der Waals surface area contributed by atoms with Gasteiger partial charge >= 0.3 is 5.69 Å². The number of thiophene rings is 1. The molecule has 28 heavy (non-hydrogen) atoms. The smallest absolute Gasteiger partial charge is 0.315 e. The van der Waals surface area contributed by atoms with Crippen LogP contribution in [-0.4, -0.2) is 33.4 Å². The van der Waals surface area contributed by atoms with E-state index in [-0.39, 0.29) is 17.0 Å². The molecule has 0 aliphatic carbocycles. The number of H-pyrrole nitrogens is 1. The molecule has 8 nitrogen and oxygen atoms in total. The Balaban J connectivity index is 1.61. The van der Waals surface area contributed by atoms with Crippen molar-refractivity contribution in [2.45, 2.75) is 19.5 Å². The summed E-state index contributed by atoms with van der Waals surface area (Å²) < 4.78 is 5.14. The summed E-state index contributed by atoms with van der Waals surface area (Å²) in [6.07, 6.45) is 0.620. The van der Waals surface area contributed by atoms with E-state index in [4.69, 9.17) is 4.74 Å². The van der Waals surface area contributed by atoms with Gasteiger partial charge in [-0.15, -0.1) is 11.3 Å². The summed E-state index contributed by atoms with van der Waals surface area (Å²) in [5.74, 6) is 0.829. The molecule has 0 amide bonds. The molecule has 0 saturated heterocycles. The normalized spacial score (nSPS) is 13.9. The first-order valence-corrected chi connectivity index (χ1v) is 9.63. The molecule has 9 heteroatoms. The first-order valence-electron chi connectivity index (χ1n) is 8.75. The maximum absolute atomic E-state index is 12.6. The van der Waals surface area contributed by atoms with Crippen LogP contribution >= 0.6 is 11.3 Å². The molecule has 1 aliphatic heterocycles. The molecular formula is C19H18N4O4S. The van der Waals surface area contributed by atoms with Crippen LogP contribution in [0, 0.1) is 10.1 Å². The monoisotopic (exact) mass is 398 g/mol. The van der Waals surface area contributed by atoms with Gasteiger partial charge in [0.05, 0.1) is 28.2 Å². The van der Waals surface area contributed by atoms with Gasteiger partial charge in [-0.2, -0.15) is 0 Å². The number of fused-ring (bicyclic) bond motifs is 1. The van der Waals surface area contributed by atoms with E-state index in [1.54, 1.807) is 18.2 Å². The summed E-state index contributed by atoms with van der Waals surface area (Å²) in [5.41, 5.74) is 1.79. The van der Waals surface area contributed by atoms with Crippen molar-refractivity contribution in [1.29, 1.82) is 0 Å². The van der Waals surface area contributed by atoms with Gasteiger partial charge in [0.1, 0.15) is 0 Å². The molecule has 1 N–H and O–H groups in total. The molecular weight excluding hydrogens is 380 g/mol. The molecule has 0 radical (unpaired) electrons. The fourth-order valence-corrected chi connectivity index (χ4v) is 4.12. The Hall–Kier alpha value is -3.04. The number of nitrogens with zero attached hydrogens (tertiary/aromatic N) is 3. The number of hydrogen-bond acceptors (Lipinski definition) is 7. The molecule has 0 unspecified atom stereocenters. The van der Waals surface area contributed by atoms with Crippen molar-refractivity contribution in [2.24, 2.45) is 0 Å². The van der Waals surface area contributed by atoms with E-state index in [0.29, 0.717) is 43.0 Å². The van der Waals surface area contributed by atoms with Crippen molar-refractivity contribution < 1.29 is 9.66 Å². The standard InChI is InChI=1S/C19H18N4O4S/c1-27-15-5-2-4-12(17(15)23(25)26)10-22-8-7-14-13(11-22)19(24)21-18(20-14)16-6-3-9-28-16/h2-6,9H,7-8,10-11H2,1H3,(H,20,21,24). The second kappa shape index (κ2) is 7.53. The van der Waals surface area contributed by atoms with Gasteiger partial charge in [0, 0.05) is 31.6 Å². The number of aromatic amines is 1. The van der Waals surface area contributed by atoms with E-state index in [1.165, 1.54) is 18.4 Å². The molecule has 0 spiro atoms. The van der Waals surface area contributed by atoms with E-state index in [0.717, 1.165) is 10.6 Å². The van der Waals surface area contributed by atoms with Crippen LogP contribution in [0.4, 0.5) is 5.69 Å². The number of nitro benzene ring substituents is 1. The summed E-state index contributed by atoms with van der Waals surface area (Å²) in [6, 6.07) is 8.88. The highest BCUT2D eigenvalue weighted by Gasteiger charge is 2.26. The Bertz CT molecular complexity index is 1080. The molecule has 0 fully saturated rings. The SMILES string of the molecule is COc1cccc(CN2CCc3nc(-c4cccs4)[nH]c(=O)c3C2)c1[N+](=O)[O-]. The van der Waals surface area contributed by atoms with Crippen molar-refractivity contribution in [3.63, 3.8) is 0 Å². The van der Waals surface area contributed by atoms with Gasteiger partial charge in [0.2, 0.25) is 0 Å². The third-order valence-corrected chi connectivity index (χ3v) is 5.66. The molecule has 4 rings (SSSR count). The number of methoxy groups -OCH3 is 1. The Labute approximate surface area is 164 Å². The number of hydrogen-bond donors (Lipinski definition) is 1. The van der Waals surface area contributed by atoms with Crippen LogP contribution < -0.4 is 10.3 Å². The summed E-state index contributed by atoms with van der Waals surface area (Å²) in [7, 11) is 1.42. The quantitative estimate of drug-likeness (QED) is 0.524. The molecule has 2 aromatic heterocycles. The predicted octanol–water partition coefficient (Wildman–Crippen LogP) is 2.97. The maximum Gasteiger partial charge on any atom is 0.315 e. The van der Waals surface area contributed by atoms with E-state index in [1.807, 2.05) is 22.4 Å². The summed E-state index contributed by atoms with van der Waals surface area (Å²) in [5, 5.41) is 13.4. The lowest BCUT2D eigenvalue weighted by molar-refractivity contribution is -0.386. The Morgan fingerprint density at radius 3 is 2.93 bits per heavy atom. The van der Waals surface area contributed by atoms with Crippen LogP contribution in [0.5, 0.6) is 5.75 Å². The molecule has 0 bridgehead atoms. The van der Waals surface area contributed by atoms with Crippen LogP contribution in [-0.2, 0) is 19.5 Å². The van der Waals surface area contributed by atoms with Crippen LogP contribution in [0.3, 0.4) is 0 Å². The fourth-order valence-electron chi connectivity index (χ4n) is 3.45.